The smallest absolute Gasteiger partial charge is 0.346 e. The quantitative estimate of drug-likeness (QED) is 0.387. The highest BCUT2D eigenvalue weighted by Crippen LogP contribution is 2.18. The maximum atomic E-state index is 10.8. The van der Waals surface area contributed by atoms with E-state index in [1.165, 1.54) is 7.11 Å². The first kappa shape index (κ1) is 10.9. The Kier molecular flexibility index (Phi) is 3.56. The van der Waals surface area contributed by atoms with Crippen molar-refractivity contribution < 1.29 is 23.9 Å². The van der Waals surface area contributed by atoms with Crippen molar-refractivity contribution in [2.24, 2.45) is 0 Å². The molecule has 0 aromatic heterocycles. The lowest BCUT2D eigenvalue weighted by Crippen LogP contribution is -1.96. The minimum Gasteiger partial charge on any atom is -0.471 e. The molecule has 1 aromatic carbocycles. The van der Waals surface area contributed by atoms with Gasteiger partial charge in [-0.15, -0.1) is 0 Å². The van der Waals surface area contributed by atoms with E-state index in [1.54, 1.807) is 24.3 Å². The summed E-state index contributed by atoms with van der Waals surface area (Å²) in [4.78, 5) is 30.6. The van der Waals surface area contributed by atoms with Crippen LogP contribution in [0.25, 0.3) is 0 Å². The molecule has 1 aromatic rings. The molecule has 0 bridgehead atoms. The molecule has 2 rings (SSSR count). The maximum absolute atomic E-state index is 10.8. The third-order valence-electron chi connectivity index (χ3n) is 1.65. The van der Waals surface area contributed by atoms with E-state index in [0.717, 1.165) is 0 Å². The molecule has 5 nitrogen and oxygen atoms in total. The van der Waals surface area contributed by atoms with Crippen LogP contribution in [0.1, 0.15) is 20.7 Å². The molecule has 0 radical (unpaired) electrons. The Morgan fingerprint density at radius 2 is 1.53 bits per heavy atom. The number of rotatable bonds is 1. The van der Waals surface area contributed by atoms with Gasteiger partial charge in [-0.1, -0.05) is 12.1 Å². The molecule has 0 amide bonds. The lowest BCUT2D eigenvalue weighted by Gasteiger charge is -1.86. The molecule has 0 unspecified atom stereocenters. The lowest BCUT2D eigenvalue weighted by molar-refractivity contribution is -0.126. The van der Waals surface area contributed by atoms with Crippen LogP contribution >= 0.6 is 0 Å². The van der Waals surface area contributed by atoms with Crippen LogP contribution in [0.3, 0.4) is 0 Å². The van der Waals surface area contributed by atoms with E-state index in [4.69, 9.17) is 4.79 Å². The van der Waals surface area contributed by atoms with Gasteiger partial charge in [0.15, 0.2) is 0 Å². The summed E-state index contributed by atoms with van der Waals surface area (Å²) in [6.07, 6.45) is 0. The standard InChI is InChI=1S/C8H4O3.C2H4O2/c9-7-5-3-1-2-4-6(5)8(10)11-7;1-4-2-3/h1-4H;2H,1H3. The topological polar surface area (TPSA) is 69.7 Å². The molecule has 0 atom stereocenters. The third kappa shape index (κ3) is 2.40. The van der Waals surface area contributed by atoms with Crippen molar-refractivity contribution >= 4 is 18.4 Å². The molecule has 1 aliphatic heterocycles. The molecule has 0 N–H and O–H groups in total. The highest BCUT2D eigenvalue weighted by Gasteiger charge is 2.28. The molecule has 1 aliphatic rings. The van der Waals surface area contributed by atoms with E-state index in [-0.39, 0.29) is 0 Å². The van der Waals surface area contributed by atoms with Crippen LogP contribution in [0.5, 0.6) is 0 Å². The van der Waals surface area contributed by atoms with Gasteiger partial charge < -0.3 is 9.47 Å². The fourth-order valence-corrected chi connectivity index (χ4v) is 1.03. The molecular weight excluding hydrogens is 200 g/mol. The molecule has 0 fully saturated rings. The molecule has 0 saturated carbocycles. The summed E-state index contributed by atoms with van der Waals surface area (Å²) in [7, 11) is 1.31. The van der Waals surface area contributed by atoms with Crippen LogP contribution < -0.4 is 0 Å². The number of carbonyl (C=O) groups is 3. The summed E-state index contributed by atoms with van der Waals surface area (Å²) < 4.78 is 8.21. The Bertz CT molecular complexity index is 364. The van der Waals surface area contributed by atoms with Gasteiger partial charge in [0.1, 0.15) is 0 Å². The van der Waals surface area contributed by atoms with Crippen molar-refractivity contribution in [3.8, 4) is 0 Å². The second-order valence-corrected chi connectivity index (χ2v) is 2.55. The molecule has 5 heteroatoms. The molecule has 1 heterocycles. The van der Waals surface area contributed by atoms with Gasteiger partial charge >= 0.3 is 11.9 Å². The minimum atomic E-state index is -0.550. The van der Waals surface area contributed by atoms with Crippen molar-refractivity contribution in [2.75, 3.05) is 7.11 Å². The first-order valence-corrected chi connectivity index (χ1v) is 4.02. The first-order valence-electron chi connectivity index (χ1n) is 4.02. The highest BCUT2D eigenvalue weighted by atomic mass is 16.6. The van der Waals surface area contributed by atoms with E-state index in [2.05, 4.69) is 9.47 Å². The number of methoxy groups -OCH3 is 1. The van der Waals surface area contributed by atoms with Crippen molar-refractivity contribution in [1.82, 2.24) is 0 Å². The van der Waals surface area contributed by atoms with E-state index < -0.39 is 11.9 Å². The minimum absolute atomic E-state index is 0.359. The number of carbonyl (C=O) groups excluding carboxylic acids is 3. The van der Waals surface area contributed by atoms with Crippen LogP contribution in [-0.4, -0.2) is 25.5 Å². The molecule has 0 aliphatic carbocycles. The van der Waals surface area contributed by atoms with Gasteiger partial charge in [-0.25, -0.2) is 9.59 Å². The Morgan fingerprint density at radius 3 is 1.87 bits per heavy atom. The van der Waals surface area contributed by atoms with Gasteiger partial charge in [0.05, 0.1) is 18.2 Å². The van der Waals surface area contributed by atoms with Gasteiger partial charge in [0.25, 0.3) is 6.47 Å². The van der Waals surface area contributed by atoms with Gasteiger partial charge in [0.2, 0.25) is 0 Å². The average Bonchev–Trinajstić information content (AvgIpc) is 2.56. The maximum Gasteiger partial charge on any atom is 0.346 e. The summed E-state index contributed by atoms with van der Waals surface area (Å²) in [6, 6.07) is 6.53. The number of ether oxygens (including phenoxy) is 2. The Morgan fingerprint density at radius 1 is 1.13 bits per heavy atom. The first-order chi connectivity index (χ1) is 7.20. The number of cyclic esters (lactones) is 2. The summed E-state index contributed by atoms with van der Waals surface area (Å²) in [6.45, 7) is 0.375. The van der Waals surface area contributed by atoms with Crippen LogP contribution in [-0.2, 0) is 14.3 Å². The summed E-state index contributed by atoms with van der Waals surface area (Å²) in [5, 5.41) is 0. The fraction of sp³-hybridized carbons (Fsp3) is 0.100. The number of hydrogen-bond donors (Lipinski definition) is 0. The molecule has 78 valence electrons. The second kappa shape index (κ2) is 4.90. The summed E-state index contributed by atoms with van der Waals surface area (Å²) >= 11 is 0. The number of fused-ring (bicyclic) bond motifs is 1. The van der Waals surface area contributed by atoms with E-state index in [1.807, 2.05) is 0 Å². The van der Waals surface area contributed by atoms with Gasteiger partial charge in [-0.05, 0) is 12.1 Å². The average molecular weight is 208 g/mol. The van der Waals surface area contributed by atoms with Crippen molar-refractivity contribution in [3.05, 3.63) is 35.4 Å². The molecule has 0 spiro atoms. The lowest BCUT2D eigenvalue weighted by atomic mass is 10.1. The van der Waals surface area contributed by atoms with E-state index >= 15 is 0 Å². The largest absolute Gasteiger partial charge is 0.471 e. The second-order valence-electron chi connectivity index (χ2n) is 2.55. The van der Waals surface area contributed by atoms with E-state index in [9.17, 15) is 9.59 Å². The molecule has 15 heavy (non-hydrogen) atoms. The zero-order valence-electron chi connectivity index (χ0n) is 7.93. The normalized spacial score (nSPS) is 12.1. The van der Waals surface area contributed by atoms with Crippen LogP contribution in [0, 0.1) is 0 Å². The van der Waals surface area contributed by atoms with Crippen molar-refractivity contribution in [2.45, 2.75) is 0 Å². The van der Waals surface area contributed by atoms with Crippen LogP contribution in [0.15, 0.2) is 24.3 Å². The van der Waals surface area contributed by atoms with Crippen molar-refractivity contribution in [3.63, 3.8) is 0 Å². The fourth-order valence-electron chi connectivity index (χ4n) is 1.03. The van der Waals surface area contributed by atoms with Crippen LogP contribution in [0.2, 0.25) is 0 Å². The summed E-state index contributed by atoms with van der Waals surface area (Å²) in [5.74, 6) is -1.10. The molecule has 0 saturated heterocycles. The van der Waals surface area contributed by atoms with Crippen LogP contribution in [0.4, 0.5) is 0 Å². The number of esters is 2. The van der Waals surface area contributed by atoms with E-state index in [0.29, 0.717) is 17.6 Å². The molecular formula is C10H8O5. The number of benzene rings is 1. The monoisotopic (exact) mass is 208 g/mol. The highest BCUT2D eigenvalue weighted by molar-refractivity contribution is 6.14. The van der Waals surface area contributed by atoms with Gasteiger partial charge in [-0.2, -0.15) is 0 Å². The Labute approximate surface area is 85.6 Å². The Balaban J connectivity index is 0.000000245. The zero-order chi connectivity index (χ0) is 11.3. The van der Waals surface area contributed by atoms with Crippen molar-refractivity contribution in [1.29, 1.82) is 0 Å². The predicted octanol–water partition coefficient (Wildman–Crippen LogP) is 0.786. The Hall–Kier alpha value is -2.17. The predicted molar refractivity (Wildman–Crippen MR) is 49.3 cm³/mol. The number of hydrogen-bond acceptors (Lipinski definition) is 5. The van der Waals surface area contributed by atoms with Gasteiger partial charge in [-0.3, -0.25) is 4.79 Å². The third-order valence-corrected chi connectivity index (χ3v) is 1.65. The summed E-state index contributed by atoms with van der Waals surface area (Å²) in [5.41, 5.74) is 0.718. The SMILES string of the molecule is COC=O.O=C1OC(=O)c2ccccc21. The van der Waals surface area contributed by atoms with Gasteiger partial charge in [0, 0.05) is 0 Å². The zero-order valence-corrected chi connectivity index (χ0v) is 7.93.